The van der Waals surface area contributed by atoms with E-state index in [-0.39, 0.29) is 11.8 Å². The molecule has 0 aromatic rings. The molecule has 1 saturated heterocycles. The first-order valence-corrected chi connectivity index (χ1v) is 6.88. The Bertz CT molecular complexity index is 293. The maximum atomic E-state index is 12.1. The summed E-state index contributed by atoms with van der Waals surface area (Å²) < 4.78 is 5.29. The van der Waals surface area contributed by atoms with Crippen molar-refractivity contribution in [2.45, 2.75) is 25.8 Å². The van der Waals surface area contributed by atoms with Crippen LogP contribution >= 0.6 is 12.6 Å². The van der Waals surface area contributed by atoms with Crippen LogP contribution in [0.2, 0.25) is 0 Å². The number of hydrogen-bond donors (Lipinski definition) is 2. The molecule has 2 amide bonds. The van der Waals surface area contributed by atoms with Gasteiger partial charge < -0.3 is 15.0 Å². The van der Waals surface area contributed by atoms with Gasteiger partial charge in [0.15, 0.2) is 0 Å². The van der Waals surface area contributed by atoms with Gasteiger partial charge in [0.25, 0.3) is 0 Å². The lowest BCUT2D eigenvalue weighted by molar-refractivity contribution is -0.135. The molecule has 0 radical (unpaired) electrons. The fraction of sp³-hybridized carbons (Fsp3) is 0.833. The van der Waals surface area contributed by atoms with Gasteiger partial charge in [0.05, 0.1) is 0 Å². The van der Waals surface area contributed by atoms with Crippen molar-refractivity contribution < 1.29 is 14.3 Å². The van der Waals surface area contributed by atoms with Gasteiger partial charge in [-0.05, 0) is 18.8 Å². The number of nitrogens with one attached hydrogen (secondary N) is 1. The molecule has 0 aliphatic carbocycles. The number of amides is 2. The highest BCUT2D eigenvalue weighted by Gasteiger charge is 2.24. The lowest BCUT2D eigenvalue weighted by Crippen LogP contribution is -2.49. The molecule has 1 atom stereocenters. The Labute approximate surface area is 114 Å². The molecule has 1 aliphatic rings. The third-order valence-corrected chi connectivity index (χ3v) is 3.47. The lowest BCUT2D eigenvalue weighted by atomic mass is 10.00. The molecule has 6 heteroatoms. The summed E-state index contributed by atoms with van der Waals surface area (Å²) in [5.74, 6) is 0.524. The van der Waals surface area contributed by atoms with Crippen LogP contribution in [0.15, 0.2) is 0 Å². The Hall–Kier alpha value is -0.750. The Kier molecular flexibility index (Phi) is 6.49. The van der Waals surface area contributed by atoms with Crippen molar-refractivity contribution in [3.63, 3.8) is 0 Å². The van der Waals surface area contributed by atoms with E-state index in [1.807, 2.05) is 0 Å². The maximum absolute atomic E-state index is 12.1. The Morgan fingerprint density at radius 2 is 2.06 bits per heavy atom. The molecule has 0 aromatic heterocycles. The number of thiol groups is 1. The van der Waals surface area contributed by atoms with Crippen molar-refractivity contribution in [3.8, 4) is 0 Å². The predicted octanol–water partition coefficient (Wildman–Crippen LogP) is 0.306. The van der Waals surface area contributed by atoms with Gasteiger partial charge in [-0.1, -0.05) is 0 Å². The Morgan fingerprint density at radius 1 is 1.44 bits per heavy atom. The summed E-state index contributed by atoms with van der Waals surface area (Å²) in [6.45, 7) is 3.66. The monoisotopic (exact) mass is 274 g/mol. The van der Waals surface area contributed by atoms with Gasteiger partial charge in [-0.15, -0.1) is 0 Å². The van der Waals surface area contributed by atoms with Gasteiger partial charge in [-0.2, -0.15) is 12.6 Å². The number of carbonyl (C=O) groups is 2. The van der Waals surface area contributed by atoms with Crippen LogP contribution in [0.5, 0.6) is 0 Å². The first kappa shape index (κ1) is 15.3. The summed E-state index contributed by atoms with van der Waals surface area (Å²) in [5.41, 5.74) is 0. The molecule has 18 heavy (non-hydrogen) atoms. The number of likely N-dealkylation sites (N-methyl/N-ethyl adjacent to an activating group) is 1. The summed E-state index contributed by atoms with van der Waals surface area (Å²) in [7, 11) is 1.77. The van der Waals surface area contributed by atoms with Crippen LogP contribution in [0, 0.1) is 5.92 Å². The molecule has 1 heterocycles. The molecule has 104 valence electrons. The molecule has 1 fully saturated rings. The van der Waals surface area contributed by atoms with Gasteiger partial charge in [0.1, 0.15) is 6.04 Å². The van der Waals surface area contributed by atoms with E-state index in [0.29, 0.717) is 18.2 Å². The van der Waals surface area contributed by atoms with E-state index in [1.165, 1.54) is 6.92 Å². The Morgan fingerprint density at radius 3 is 2.56 bits per heavy atom. The van der Waals surface area contributed by atoms with Crippen LogP contribution in [0.4, 0.5) is 0 Å². The molecule has 1 rings (SSSR count). The van der Waals surface area contributed by atoms with E-state index in [2.05, 4.69) is 17.9 Å². The molecule has 0 saturated carbocycles. The zero-order chi connectivity index (χ0) is 13.5. The number of ether oxygens (including phenoxy) is 1. The first-order chi connectivity index (χ1) is 8.54. The largest absolute Gasteiger partial charge is 0.381 e. The molecule has 0 spiro atoms. The second-order valence-electron chi connectivity index (χ2n) is 4.71. The minimum Gasteiger partial charge on any atom is -0.381 e. The van der Waals surface area contributed by atoms with Crippen molar-refractivity contribution in [3.05, 3.63) is 0 Å². The highest BCUT2D eigenvalue weighted by atomic mass is 32.1. The van der Waals surface area contributed by atoms with Crippen LogP contribution in [0.1, 0.15) is 19.8 Å². The zero-order valence-corrected chi connectivity index (χ0v) is 11.9. The first-order valence-electron chi connectivity index (χ1n) is 6.25. The predicted molar refractivity (Wildman–Crippen MR) is 72.6 cm³/mol. The molecular weight excluding hydrogens is 252 g/mol. The fourth-order valence-corrected chi connectivity index (χ4v) is 2.35. The number of carbonyl (C=O) groups excluding carboxylic acids is 2. The number of nitrogens with zero attached hydrogens (tertiary/aromatic N) is 1. The summed E-state index contributed by atoms with van der Waals surface area (Å²) in [5, 5.41) is 2.62. The highest BCUT2D eigenvalue weighted by molar-refractivity contribution is 7.80. The smallest absolute Gasteiger partial charge is 0.245 e. The van der Waals surface area contributed by atoms with E-state index >= 15 is 0 Å². The van der Waals surface area contributed by atoms with Crippen LogP contribution < -0.4 is 5.32 Å². The molecule has 0 bridgehead atoms. The highest BCUT2D eigenvalue weighted by Crippen LogP contribution is 2.15. The minimum absolute atomic E-state index is 0.0771. The topological polar surface area (TPSA) is 58.6 Å². The van der Waals surface area contributed by atoms with Crippen LogP contribution in [0.3, 0.4) is 0 Å². The maximum Gasteiger partial charge on any atom is 0.245 e. The SMILES string of the molecule is CC(=O)NC(CS)C(=O)N(C)CC1CCOCC1. The second-order valence-corrected chi connectivity index (χ2v) is 5.08. The van der Waals surface area contributed by atoms with E-state index < -0.39 is 6.04 Å². The van der Waals surface area contributed by atoms with Crippen molar-refractivity contribution in [1.82, 2.24) is 10.2 Å². The van der Waals surface area contributed by atoms with E-state index in [0.717, 1.165) is 26.1 Å². The fourth-order valence-electron chi connectivity index (χ4n) is 2.10. The van der Waals surface area contributed by atoms with E-state index in [9.17, 15) is 9.59 Å². The van der Waals surface area contributed by atoms with E-state index in [1.54, 1.807) is 11.9 Å². The van der Waals surface area contributed by atoms with Crippen LogP contribution in [-0.2, 0) is 14.3 Å². The van der Waals surface area contributed by atoms with E-state index in [4.69, 9.17) is 4.74 Å². The molecule has 1 aliphatic heterocycles. The van der Waals surface area contributed by atoms with Gasteiger partial charge >= 0.3 is 0 Å². The van der Waals surface area contributed by atoms with Crippen molar-refractivity contribution in [1.29, 1.82) is 0 Å². The number of rotatable bonds is 5. The Balaban J connectivity index is 2.45. The third-order valence-electron chi connectivity index (χ3n) is 3.11. The van der Waals surface area contributed by atoms with Gasteiger partial charge in [0, 0.05) is 39.5 Å². The molecule has 1 N–H and O–H groups in total. The van der Waals surface area contributed by atoms with Crippen LogP contribution in [0.25, 0.3) is 0 Å². The third kappa shape index (κ3) is 4.86. The van der Waals surface area contributed by atoms with Crippen LogP contribution in [-0.4, -0.2) is 55.3 Å². The number of hydrogen-bond acceptors (Lipinski definition) is 4. The molecule has 1 unspecified atom stereocenters. The van der Waals surface area contributed by atoms with Crippen molar-refractivity contribution in [2.75, 3.05) is 32.6 Å². The summed E-state index contributed by atoms with van der Waals surface area (Å²) in [6.07, 6.45) is 1.98. The van der Waals surface area contributed by atoms with Crippen molar-refractivity contribution in [2.24, 2.45) is 5.92 Å². The lowest BCUT2D eigenvalue weighted by Gasteiger charge is -2.29. The molecule has 0 aromatic carbocycles. The second kappa shape index (κ2) is 7.63. The van der Waals surface area contributed by atoms with Gasteiger partial charge in [-0.3, -0.25) is 9.59 Å². The quantitative estimate of drug-likeness (QED) is 0.709. The summed E-state index contributed by atoms with van der Waals surface area (Å²) >= 11 is 4.11. The average molecular weight is 274 g/mol. The summed E-state index contributed by atoms with van der Waals surface area (Å²) in [6, 6.07) is -0.532. The standard InChI is InChI=1S/C12H22N2O3S/c1-9(15)13-11(8-18)12(16)14(2)7-10-3-5-17-6-4-10/h10-11,18H,3-8H2,1-2H3,(H,13,15). The zero-order valence-electron chi connectivity index (χ0n) is 11.0. The minimum atomic E-state index is -0.532. The normalized spacial score (nSPS) is 18.2. The molecular formula is C12H22N2O3S. The average Bonchev–Trinajstić information content (AvgIpc) is 2.36. The van der Waals surface area contributed by atoms with Gasteiger partial charge in [0.2, 0.25) is 11.8 Å². The molecule has 5 nitrogen and oxygen atoms in total. The van der Waals surface area contributed by atoms with Gasteiger partial charge in [-0.25, -0.2) is 0 Å². The van der Waals surface area contributed by atoms with Crippen molar-refractivity contribution >= 4 is 24.4 Å². The summed E-state index contributed by atoms with van der Waals surface area (Å²) in [4.78, 5) is 24.8.